The van der Waals surface area contributed by atoms with Crippen molar-refractivity contribution in [3.63, 3.8) is 0 Å². The van der Waals surface area contributed by atoms with Gasteiger partial charge >= 0.3 is 0 Å². The maximum absolute atomic E-state index is 5.75. The molecule has 1 aromatic rings. The highest BCUT2D eigenvalue weighted by atomic mass is 16.5. The van der Waals surface area contributed by atoms with E-state index in [4.69, 9.17) is 10.5 Å². The third-order valence-corrected chi connectivity index (χ3v) is 2.56. The van der Waals surface area contributed by atoms with Crippen LogP contribution in [-0.4, -0.2) is 24.6 Å². The first-order valence-electron chi connectivity index (χ1n) is 5.70. The molecule has 86 valence electrons. The fraction of sp³-hybridized carbons (Fsp3) is 0.462. The zero-order valence-electron chi connectivity index (χ0n) is 9.81. The summed E-state index contributed by atoms with van der Waals surface area (Å²) in [5, 5.41) is 0. The smallest absolute Gasteiger partial charge is 0.216 e. The molecule has 0 aliphatic carbocycles. The molecule has 2 atom stereocenters. The van der Waals surface area contributed by atoms with Crippen LogP contribution in [0.15, 0.2) is 29.3 Å². The van der Waals surface area contributed by atoms with Gasteiger partial charge in [0.15, 0.2) is 0 Å². The fourth-order valence-corrected chi connectivity index (χ4v) is 1.79. The van der Waals surface area contributed by atoms with Gasteiger partial charge in [-0.3, -0.25) is 0 Å². The van der Waals surface area contributed by atoms with Gasteiger partial charge < -0.3 is 10.5 Å². The molecule has 2 unspecified atom stereocenters. The average Bonchev–Trinajstić information content (AvgIpc) is 2.65. The number of nitrogens with zero attached hydrogens (tertiary/aromatic N) is 1. The molecule has 1 aliphatic heterocycles. The second-order valence-electron chi connectivity index (χ2n) is 4.47. The Labute approximate surface area is 96.3 Å². The number of benzene rings is 1. The van der Waals surface area contributed by atoms with E-state index in [2.05, 4.69) is 36.2 Å². The van der Waals surface area contributed by atoms with Crippen LogP contribution in [0.5, 0.6) is 0 Å². The van der Waals surface area contributed by atoms with Gasteiger partial charge in [-0.15, -0.1) is 0 Å². The van der Waals surface area contributed by atoms with Crippen molar-refractivity contribution < 1.29 is 4.74 Å². The van der Waals surface area contributed by atoms with Gasteiger partial charge in [0.05, 0.1) is 6.04 Å². The fourth-order valence-electron chi connectivity index (χ4n) is 1.79. The van der Waals surface area contributed by atoms with Crippen LogP contribution in [0.2, 0.25) is 0 Å². The van der Waals surface area contributed by atoms with Gasteiger partial charge in [0.1, 0.15) is 6.61 Å². The SMILES string of the molecule is CC(N)Cc1ccc(C2=NC(C)CO2)cc1. The van der Waals surface area contributed by atoms with Crippen molar-refractivity contribution in [3.05, 3.63) is 35.4 Å². The predicted molar refractivity (Wildman–Crippen MR) is 65.7 cm³/mol. The lowest BCUT2D eigenvalue weighted by molar-refractivity contribution is 0.324. The molecular formula is C13H18N2O. The minimum Gasteiger partial charge on any atom is -0.475 e. The van der Waals surface area contributed by atoms with Crippen LogP contribution >= 0.6 is 0 Å². The Kier molecular flexibility index (Phi) is 3.25. The molecular weight excluding hydrogens is 200 g/mol. The van der Waals surface area contributed by atoms with Crippen molar-refractivity contribution in [1.29, 1.82) is 0 Å². The third-order valence-electron chi connectivity index (χ3n) is 2.56. The van der Waals surface area contributed by atoms with Crippen molar-refractivity contribution in [1.82, 2.24) is 0 Å². The van der Waals surface area contributed by atoms with Crippen LogP contribution in [0.3, 0.4) is 0 Å². The molecule has 16 heavy (non-hydrogen) atoms. The van der Waals surface area contributed by atoms with Crippen molar-refractivity contribution >= 4 is 5.90 Å². The van der Waals surface area contributed by atoms with E-state index in [1.165, 1.54) is 5.56 Å². The normalized spacial score (nSPS) is 21.4. The molecule has 0 bridgehead atoms. The van der Waals surface area contributed by atoms with Crippen LogP contribution in [0, 0.1) is 0 Å². The second-order valence-corrected chi connectivity index (χ2v) is 4.47. The molecule has 1 heterocycles. The lowest BCUT2D eigenvalue weighted by Gasteiger charge is -2.06. The van der Waals surface area contributed by atoms with Crippen molar-refractivity contribution in [2.24, 2.45) is 10.7 Å². The van der Waals surface area contributed by atoms with Crippen LogP contribution in [0.1, 0.15) is 25.0 Å². The molecule has 2 N–H and O–H groups in total. The van der Waals surface area contributed by atoms with Gasteiger partial charge in [-0.05, 0) is 38.0 Å². The van der Waals surface area contributed by atoms with Gasteiger partial charge in [0.2, 0.25) is 5.90 Å². The van der Waals surface area contributed by atoms with Crippen LogP contribution < -0.4 is 5.73 Å². The Morgan fingerprint density at radius 2 is 2.12 bits per heavy atom. The Morgan fingerprint density at radius 1 is 1.44 bits per heavy atom. The third kappa shape index (κ3) is 2.61. The van der Waals surface area contributed by atoms with Gasteiger partial charge in [-0.25, -0.2) is 4.99 Å². The predicted octanol–water partition coefficient (Wildman–Crippen LogP) is 1.74. The molecule has 1 aromatic carbocycles. The minimum absolute atomic E-state index is 0.200. The van der Waals surface area contributed by atoms with E-state index in [1.807, 2.05) is 6.92 Å². The van der Waals surface area contributed by atoms with E-state index >= 15 is 0 Å². The summed E-state index contributed by atoms with van der Waals surface area (Å²) >= 11 is 0. The summed E-state index contributed by atoms with van der Waals surface area (Å²) in [5.74, 6) is 0.764. The zero-order valence-corrected chi connectivity index (χ0v) is 9.81. The Morgan fingerprint density at radius 3 is 2.62 bits per heavy atom. The quantitative estimate of drug-likeness (QED) is 0.840. The number of hydrogen-bond acceptors (Lipinski definition) is 3. The Balaban J connectivity index is 2.10. The minimum atomic E-state index is 0.200. The van der Waals surface area contributed by atoms with Gasteiger partial charge in [-0.1, -0.05) is 12.1 Å². The topological polar surface area (TPSA) is 47.6 Å². The highest BCUT2D eigenvalue weighted by molar-refractivity contribution is 5.95. The molecule has 0 spiro atoms. The van der Waals surface area contributed by atoms with E-state index in [9.17, 15) is 0 Å². The number of nitrogens with two attached hydrogens (primary N) is 1. The molecule has 3 heteroatoms. The number of hydrogen-bond donors (Lipinski definition) is 1. The molecule has 2 rings (SSSR count). The molecule has 0 saturated heterocycles. The van der Waals surface area contributed by atoms with E-state index in [-0.39, 0.29) is 12.1 Å². The van der Waals surface area contributed by atoms with Crippen molar-refractivity contribution in [3.8, 4) is 0 Å². The van der Waals surface area contributed by atoms with Crippen LogP contribution in [0.25, 0.3) is 0 Å². The van der Waals surface area contributed by atoms with Gasteiger partial charge in [0.25, 0.3) is 0 Å². The summed E-state index contributed by atoms with van der Waals surface area (Å²) in [5.41, 5.74) is 8.06. The van der Waals surface area contributed by atoms with E-state index < -0.39 is 0 Å². The van der Waals surface area contributed by atoms with Crippen molar-refractivity contribution in [2.45, 2.75) is 32.4 Å². The number of rotatable bonds is 3. The maximum atomic E-state index is 5.75. The van der Waals surface area contributed by atoms with E-state index in [0.717, 1.165) is 17.9 Å². The van der Waals surface area contributed by atoms with Crippen molar-refractivity contribution in [2.75, 3.05) is 6.61 Å². The van der Waals surface area contributed by atoms with Gasteiger partial charge in [0, 0.05) is 11.6 Å². The zero-order chi connectivity index (χ0) is 11.5. The van der Waals surface area contributed by atoms with Crippen LogP contribution in [-0.2, 0) is 11.2 Å². The number of ether oxygens (including phenoxy) is 1. The summed E-state index contributed by atoms with van der Waals surface area (Å²) < 4.78 is 5.50. The highest BCUT2D eigenvalue weighted by Gasteiger charge is 2.15. The largest absolute Gasteiger partial charge is 0.475 e. The Bertz CT molecular complexity index is 381. The molecule has 1 aliphatic rings. The Hall–Kier alpha value is -1.35. The van der Waals surface area contributed by atoms with E-state index in [1.54, 1.807) is 0 Å². The molecule has 0 amide bonds. The molecule has 0 fully saturated rings. The van der Waals surface area contributed by atoms with E-state index in [0.29, 0.717) is 6.61 Å². The summed E-state index contributed by atoms with van der Waals surface area (Å²) in [6.07, 6.45) is 0.907. The lowest BCUT2D eigenvalue weighted by atomic mass is 10.1. The summed E-state index contributed by atoms with van der Waals surface area (Å²) in [6, 6.07) is 8.76. The monoisotopic (exact) mass is 218 g/mol. The molecule has 0 saturated carbocycles. The first-order chi connectivity index (χ1) is 7.65. The molecule has 3 nitrogen and oxygen atoms in total. The summed E-state index contributed by atoms with van der Waals surface area (Å²) in [7, 11) is 0. The highest BCUT2D eigenvalue weighted by Crippen LogP contribution is 2.13. The van der Waals surface area contributed by atoms with Crippen LogP contribution in [0.4, 0.5) is 0 Å². The molecule has 0 radical (unpaired) electrons. The van der Waals surface area contributed by atoms with Gasteiger partial charge in [-0.2, -0.15) is 0 Å². The lowest BCUT2D eigenvalue weighted by Crippen LogP contribution is -2.17. The number of aliphatic imine (C=N–C) groups is 1. The summed E-state index contributed by atoms with van der Waals surface area (Å²) in [6.45, 7) is 4.76. The standard InChI is InChI=1S/C13H18N2O/c1-9(14)7-11-3-5-12(6-4-11)13-15-10(2)8-16-13/h3-6,9-10H,7-8,14H2,1-2H3. The summed E-state index contributed by atoms with van der Waals surface area (Å²) in [4.78, 5) is 4.42. The maximum Gasteiger partial charge on any atom is 0.216 e. The molecule has 0 aromatic heterocycles. The first kappa shape index (κ1) is 11.1. The second kappa shape index (κ2) is 4.66. The first-order valence-corrected chi connectivity index (χ1v) is 5.70. The average molecular weight is 218 g/mol.